The third kappa shape index (κ3) is 5.95. The van der Waals surface area contributed by atoms with E-state index in [4.69, 9.17) is 5.10 Å². The van der Waals surface area contributed by atoms with Crippen LogP contribution in [0.15, 0.2) is 163 Å². The largest absolute Gasteiger partial charge is 0.363 e. The Kier molecular flexibility index (Phi) is 7.63. The van der Waals surface area contributed by atoms with Gasteiger partial charge in [-0.1, -0.05) is 127 Å². The Bertz CT molecular complexity index is 1630. The molecule has 0 N–H and O–H groups in total. The molecule has 6 rings (SSSR count). The summed E-state index contributed by atoms with van der Waals surface area (Å²) in [5, 5.41) is 9.37. The fourth-order valence-corrected chi connectivity index (χ4v) is 4.97. The van der Waals surface area contributed by atoms with Gasteiger partial charge in [0.15, 0.2) is 0 Å². The number of anilines is 3. The first-order chi connectivity index (χ1) is 19.8. The topological polar surface area (TPSA) is 18.8 Å². The fraction of sp³-hybridized carbons (Fsp3) is 0.0541. The van der Waals surface area contributed by atoms with Crippen LogP contribution in [0, 0.1) is 0 Å². The maximum atomic E-state index is 4.99. The summed E-state index contributed by atoms with van der Waals surface area (Å²) in [4.78, 5) is 2.41. The third-order valence-corrected chi connectivity index (χ3v) is 7.01. The van der Waals surface area contributed by atoms with Gasteiger partial charge in [-0.25, -0.2) is 5.01 Å². The Morgan fingerprint density at radius 3 is 1.68 bits per heavy atom. The van der Waals surface area contributed by atoms with Gasteiger partial charge in [0.25, 0.3) is 0 Å². The van der Waals surface area contributed by atoms with E-state index in [-0.39, 0.29) is 0 Å². The molecular weight excluding hydrogens is 486 g/mol. The van der Waals surface area contributed by atoms with Gasteiger partial charge in [0, 0.05) is 24.2 Å². The number of para-hydroxylation sites is 1. The SMILES string of the molecule is C(=N\N(c1ccccc1)c1cccc2ccccc12)/c1ccc(N(Cc2ccccc2)Cc2ccccc2)cc1. The van der Waals surface area contributed by atoms with Crippen molar-refractivity contribution in [2.75, 3.05) is 9.91 Å². The minimum atomic E-state index is 0.839. The summed E-state index contributed by atoms with van der Waals surface area (Å²) in [5.41, 5.74) is 6.87. The highest BCUT2D eigenvalue weighted by Gasteiger charge is 2.12. The standard InChI is InChI=1S/C37H31N3/c1-4-13-31(14-5-1)28-39(29-32-15-6-2-7-16-32)34-25-23-30(24-26-34)27-38-40(35-19-8-3-9-20-35)37-22-12-18-33-17-10-11-21-36(33)37/h1-27H,28-29H2/b38-27+. The fourth-order valence-electron chi connectivity index (χ4n) is 4.97. The lowest BCUT2D eigenvalue weighted by molar-refractivity contribution is 0.800. The van der Waals surface area contributed by atoms with Crippen LogP contribution in [0.3, 0.4) is 0 Å². The summed E-state index contributed by atoms with van der Waals surface area (Å²) >= 11 is 0. The maximum Gasteiger partial charge on any atom is 0.0730 e. The molecule has 6 aromatic rings. The van der Waals surface area contributed by atoms with E-state index in [0.29, 0.717) is 0 Å². The molecule has 0 heterocycles. The van der Waals surface area contributed by atoms with Gasteiger partial charge in [-0.15, -0.1) is 0 Å². The number of hydrogen-bond donors (Lipinski definition) is 0. The van der Waals surface area contributed by atoms with Crippen molar-refractivity contribution in [3.8, 4) is 0 Å². The molecule has 0 unspecified atom stereocenters. The van der Waals surface area contributed by atoms with Gasteiger partial charge < -0.3 is 4.90 Å². The van der Waals surface area contributed by atoms with Gasteiger partial charge in [-0.3, -0.25) is 0 Å². The Balaban J connectivity index is 1.29. The smallest absolute Gasteiger partial charge is 0.0730 e. The first-order valence-electron chi connectivity index (χ1n) is 13.6. The highest BCUT2D eigenvalue weighted by Crippen LogP contribution is 2.32. The normalized spacial score (nSPS) is 11.1. The van der Waals surface area contributed by atoms with Crippen LogP contribution in [0.2, 0.25) is 0 Å². The minimum absolute atomic E-state index is 0.839. The van der Waals surface area contributed by atoms with Gasteiger partial charge in [-0.05, 0) is 52.4 Å². The molecule has 0 radical (unpaired) electrons. The molecule has 194 valence electrons. The Morgan fingerprint density at radius 1 is 0.475 bits per heavy atom. The van der Waals surface area contributed by atoms with E-state index in [1.165, 1.54) is 27.6 Å². The molecule has 0 saturated heterocycles. The predicted molar refractivity (Wildman–Crippen MR) is 169 cm³/mol. The molecular formula is C37H31N3. The van der Waals surface area contributed by atoms with Crippen molar-refractivity contribution < 1.29 is 0 Å². The quantitative estimate of drug-likeness (QED) is 0.141. The van der Waals surface area contributed by atoms with Crippen LogP contribution in [0.5, 0.6) is 0 Å². The van der Waals surface area contributed by atoms with Crippen molar-refractivity contribution in [1.82, 2.24) is 0 Å². The highest BCUT2D eigenvalue weighted by molar-refractivity contribution is 5.96. The third-order valence-electron chi connectivity index (χ3n) is 7.01. The predicted octanol–water partition coefficient (Wildman–Crippen LogP) is 9.22. The van der Waals surface area contributed by atoms with Gasteiger partial charge in [0.05, 0.1) is 17.6 Å². The molecule has 3 nitrogen and oxygen atoms in total. The second-order valence-corrected chi connectivity index (χ2v) is 9.81. The summed E-state index contributed by atoms with van der Waals surface area (Å²) in [5.74, 6) is 0. The number of benzene rings is 6. The zero-order valence-corrected chi connectivity index (χ0v) is 22.3. The number of hydrazone groups is 1. The summed E-state index contributed by atoms with van der Waals surface area (Å²) in [6, 6.07) is 55.1. The lowest BCUT2D eigenvalue weighted by Gasteiger charge is -2.25. The monoisotopic (exact) mass is 517 g/mol. The van der Waals surface area contributed by atoms with Crippen molar-refractivity contribution in [3.63, 3.8) is 0 Å². The Morgan fingerprint density at radius 2 is 1.02 bits per heavy atom. The molecule has 40 heavy (non-hydrogen) atoms. The first-order valence-corrected chi connectivity index (χ1v) is 13.6. The molecule has 0 aliphatic rings. The van der Waals surface area contributed by atoms with Crippen LogP contribution in [0.25, 0.3) is 10.8 Å². The Labute approximate surface area is 236 Å². The number of fused-ring (bicyclic) bond motifs is 1. The highest BCUT2D eigenvalue weighted by atomic mass is 15.5. The first kappa shape index (κ1) is 25.1. The van der Waals surface area contributed by atoms with Gasteiger partial charge in [-0.2, -0.15) is 5.10 Å². The molecule has 0 aromatic heterocycles. The molecule has 0 amide bonds. The van der Waals surface area contributed by atoms with Crippen LogP contribution < -0.4 is 9.91 Å². The maximum absolute atomic E-state index is 4.99. The van der Waals surface area contributed by atoms with Gasteiger partial charge in [0.1, 0.15) is 0 Å². The molecule has 0 aliphatic carbocycles. The molecule has 0 spiro atoms. The molecule has 6 aromatic carbocycles. The van der Waals surface area contributed by atoms with Gasteiger partial charge >= 0.3 is 0 Å². The van der Waals surface area contributed by atoms with E-state index < -0.39 is 0 Å². The summed E-state index contributed by atoms with van der Waals surface area (Å²) in [7, 11) is 0. The second-order valence-electron chi connectivity index (χ2n) is 9.81. The summed E-state index contributed by atoms with van der Waals surface area (Å²) in [6.07, 6.45) is 1.94. The number of nitrogens with zero attached hydrogens (tertiary/aromatic N) is 3. The van der Waals surface area contributed by atoms with Crippen molar-refractivity contribution >= 4 is 34.0 Å². The molecule has 3 heteroatoms. The van der Waals surface area contributed by atoms with E-state index in [1.54, 1.807) is 0 Å². The van der Waals surface area contributed by atoms with Crippen molar-refractivity contribution in [3.05, 3.63) is 174 Å². The van der Waals surface area contributed by atoms with E-state index in [2.05, 4.69) is 144 Å². The second kappa shape index (κ2) is 12.1. The molecule has 0 aliphatic heterocycles. The van der Waals surface area contributed by atoms with E-state index >= 15 is 0 Å². The molecule has 0 atom stereocenters. The number of hydrogen-bond acceptors (Lipinski definition) is 3. The molecule has 0 fully saturated rings. The summed E-state index contributed by atoms with van der Waals surface area (Å²) < 4.78 is 0. The average molecular weight is 518 g/mol. The summed E-state index contributed by atoms with van der Waals surface area (Å²) in [6.45, 7) is 1.68. The van der Waals surface area contributed by atoms with Crippen LogP contribution >= 0.6 is 0 Å². The zero-order valence-electron chi connectivity index (χ0n) is 22.3. The van der Waals surface area contributed by atoms with E-state index in [0.717, 1.165) is 30.0 Å². The van der Waals surface area contributed by atoms with Crippen LogP contribution in [-0.2, 0) is 13.1 Å². The average Bonchev–Trinajstić information content (AvgIpc) is 3.03. The molecule has 0 bridgehead atoms. The van der Waals surface area contributed by atoms with Crippen LogP contribution in [0.1, 0.15) is 16.7 Å². The zero-order chi connectivity index (χ0) is 27.0. The van der Waals surface area contributed by atoms with Crippen LogP contribution in [0.4, 0.5) is 17.1 Å². The van der Waals surface area contributed by atoms with Crippen molar-refractivity contribution in [2.45, 2.75) is 13.1 Å². The van der Waals surface area contributed by atoms with E-state index in [9.17, 15) is 0 Å². The van der Waals surface area contributed by atoms with Crippen LogP contribution in [-0.4, -0.2) is 6.21 Å². The Hall–Kier alpha value is -5.15. The lowest BCUT2D eigenvalue weighted by Crippen LogP contribution is -2.22. The molecule has 0 saturated carbocycles. The number of rotatable bonds is 9. The van der Waals surface area contributed by atoms with Crippen molar-refractivity contribution in [1.29, 1.82) is 0 Å². The minimum Gasteiger partial charge on any atom is -0.363 e. The lowest BCUT2D eigenvalue weighted by atomic mass is 10.1. The van der Waals surface area contributed by atoms with E-state index in [1.807, 2.05) is 29.4 Å². The van der Waals surface area contributed by atoms with Gasteiger partial charge in [0.2, 0.25) is 0 Å². The van der Waals surface area contributed by atoms with Crippen molar-refractivity contribution in [2.24, 2.45) is 5.10 Å².